The molecule has 2 unspecified atom stereocenters. The number of carbonyl (C=O) groups is 1. The van der Waals surface area contributed by atoms with Crippen LogP contribution in [0.3, 0.4) is 0 Å². The van der Waals surface area contributed by atoms with Crippen LogP contribution >= 0.6 is 0 Å². The van der Waals surface area contributed by atoms with E-state index in [-0.39, 0.29) is 17.4 Å². The molecule has 23 heavy (non-hydrogen) atoms. The summed E-state index contributed by atoms with van der Waals surface area (Å²) in [6, 6.07) is 8.57. The van der Waals surface area contributed by atoms with Gasteiger partial charge < -0.3 is 15.4 Å². The topological polar surface area (TPSA) is 95.1 Å². The molecule has 1 aliphatic carbocycles. The lowest BCUT2D eigenvalue weighted by molar-refractivity contribution is -0.122. The van der Waals surface area contributed by atoms with Gasteiger partial charge in [0.25, 0.3) is 5.56 Å². The second-order valence-corrected chi connectivity index (χ2v) is 5.91. The van der Waals surface area contributed by atoms with Crippen LogP contribution in [0.25, 0.3) is 11.4 Å². The molecule has 0 radical (unpaired) electrons. The van der Waals surface area contributed by atoms with Gasteiger partial charge in [-0.2, -0.15) is 0 Å². The lowest BCUT2D eigenvalue weighted by Crippen LogP contribution is -2.28. The molecule has 1 amide bonds. The molecule has 0 saturated heterocycles. The second-order valence-electron chi connectivity index (χ2n) is 5.91. The van der Waals surface area contributed by atoms with E-state index in [1.54, 1.807) is 25.1 Å². The number of hydrogen-bond acceptors (Lipinski definition) is 4. The number of aromatic nitrogens is 2. The molecule has 1 saturated carbocycles. The zero-order chi connectivity index (χ0) is 16.4. The first-order valence-corrected chi connectivity index (χ1v) is 7.70. The highest BCUT2D eigenvalue weighted by Gasteiger charge is 2.31. The van der Waals surface area contributed by atoms with Crippen molar-refractivity contribution in [2.24, 2.45) is 5.92 Å². The van der Waals surface area contributed by atoms with Gasteiger partial charge in [0, 0.05) is 23.0 Å². The summed E-state index contributed by atoms with van der Waals surface area (Å²) in [4.78, 5) is 30.8. The summed E-state index contributed by atoms with van der Waals surface area (Å²) in [7, 11) is 0. The molecule has 1 aromatic carbocycles. The van der Waals surface area contributed by atoms with Gasteiger partial charge in [0.05, 0.1) is 12.0 Å². The highest BCUT2D eigenvalue weighted by atomic mass is 16.3. The number of aliphatic hydroxyl groups excluding tert-OH is 1. The molecule has 1 fully saturated rings. The predicted octanol–water partition coefficient (Wildman–Crippen LogP) is 1.84. The van der Waals surface area contributed by atoms with Crippen molar-refractivity contribution in [1.82, 2.24) is 9.97 Å². The summed E-state index contributed by atoms with van der Waals surface area (Å²) >= 11 is 0. The Balaban J connectivity index is 1.82. The van der Waals surface area contributed by atoms with Crippen molar-refractivity contribution in [3.8, 4) is 11.4 Å². The van der Waals surface area contributed by atoms with Gasteiger partial charge in [0.15, 0.2) is 0 Å². The molecular weight excluding hydrogens is 294 g/mol. The Labute approximate surface area is 133 Å². The van der Waals surface area contributed by atoms with E-state index in [0.29, 0.717) is 30.0 Å². The average molecular weight is 313 g/mol. The van der Waals surface area contributed by atoms with Gasteiger partial charge in [-0.25, -0.2) is 4.98 Å². The Hall–Kier alpha value is -2.47. The number of H-pyrrole nitrogens is 1. The smallest absolute Gasteiger partial charge is 0.251 e. The SMILES string of the molecule is Cc1cc(=O)[nH]c(-c2cccc(NC(=O)C3CCCC3O)c2)n1. The largest absolute Gasteiger partial charge is 0.392 e. The van der Waals surface area contributed by atoms with E-state index in [4.69, 9.17) is 0 Å². The minimum absolute atomic E-state index is 0.169. The first kappa shape index (κ1) is 15.4. The third-order valence-corrected chi connectivity index (χ3v) is 4.09. The van der Waals surface area contributed by atoms with Crippen molar-refractivity contribution in [2.75, 3.05) is 5.32 Å². The maximum atomic E-state index is 12.2. The summed E-state index contributed by atoms with van der Waals surface area (Å²) in [5.41, 5.74) is 1.76. The van der Waals surface area contributed by atoms with Gasteiger partial charge in [0.2, 0.25) is 5.91 Å². The molecule has 6 nitrogen and oxygen atoms in total. The number of anilines is 1. The molecule has 0 bridgehead atoms. The van der Waals surface area contributed by atoms with Crippen LogP contribution < -0.4 is 10.9 Å². The molecule has 3 rings (SSSR count). The summed E-state index contributed by atoms with van der Waals surface area (Å²) in [6.07, 6.45) is 1.69. The number of aryl methyl sites for hydroxylation is 1. The Kier molecular flexibility index (Phi) is 4.25. The number of hydrogen-bond donors (Lipinski definition) is 3. The van der Waals surface area contributed by atoms with Crippen LogP contribution in [0.2, 0.25) is 0 Å². The molecule has 2 atom stereocenters. The minimum Gasteiger partial charge on any atom is -0.392 e. The fraction of sp³-hybridized carbons (Fsp3) is 0.353. The Morgan fingerprint density at radius 3 is 2.87 bits per heavy atom. The summed E-state index contributed by atoms with van der Waals surface area (Å²) in [5, 5.41) is 12.7. The Morgan fingerprint density at radius 2 is 2.17 bits per heavy atom. The molecule has 120 valence electrons. The van der Waals surface area contributed by atoms with Gasteiger partial charge in [-0.05, 0) is 38.3 Å². The van der Waals surface area contributed by atoms with Crippen LogP contribution in [0, 0.1) is 12.8 Å². The van der Waals surface area contributed by atoms with Crippen LogP contribution in [0.1, 0.15) is 25.0 Å². The van der Waals surface area contributed by atoms with E-state index >= 15 is 0 Å². The van der Waals surface area contributed by atoms with Crippen molar-refractivity contribution in [3.05, 3.63) is 46.4 Å². The normalized spacial score (nSPS) is 20.4. The van der Waals surface area contributed by atoms with E-state index in [0.717, 1.165) is 12.0 Å². The lowest BCUT2D eigenvalue weighted by atomic mass is 10.0. The van der Waals surface area contributed by atoms with Crippen molar-refractivity contribution in [1.29, 1.82) is 0 Å². The van der Waals surface area contributed by atoms with Gasteiger partial charge in [-0.1, -0.05) is 12.1 Å². The summed E-state index contributed by atoms with van der Waals surface area (Å²) < 4.78 is 0. The van der Waals surface area contributed by atoms with Crippen LogP contribution in [0.5, 0.6) is 0 Å². The van der Waals surface area contributed by atoms with Gasteiger partial charge in [-0.3, -0.25) is 9.59 Å². The number of aliphatic hydroxyl groups is 1. The van der Waals surface area contributed by atoms with Crippen molar-refractivity contribution < 1.29 is 9.90 Å². The number of benzene rings is 1. The molecule has 0 spiro atoms. The lowest BCUT2D eigenvalue weighted by Gasteiger charge is -2.14. The number of nitrogens with one attached hydrogen (secondary N) is 2. The maximum Gasteiger partial charge on any atom is 0.251 e. The molecule has 3 N–H and O–H groups in total. The van der Waals surface area contributed by atoms with E-state index in [2.05, 4.69) is 15.3 Å². The van der Waals surface area contributed by atoms with Crippen LogP contribution in [0.15, 0.2) is 35.1 Å². The summed E-state index contributed by atoms with van der Waals surface area (Å²) in [6.45, 7) is 1.76. The Morgan fingerprint density at radius 1 is 1.35 bits per heavy atom. The minimum atomic E-state index is -0.562. The average Bonchev–Trinajstić information content (AvgIpc) is 2.93. The highest BCUT2D eigenvalue weighted by Crippen LogP contribution is 2.27. The molecule has 2 aromatic rings. The van der Waals surface area contributed by atoms with Crippen molar-refractivity contribution in [3.63, 3.8) is 0 Å². The van der Waals surface area contributed by atoms with Gasteiger partial charge >= 0.3 is 0 Å². The molecule has 1 aromatic heterocycles. The molecule has 6 heteroatoms. The Bertz CT molecular complexity index is 785. The number of nitrogens with zero attached hydrogens (tertiary/aromatic N) is 1. The third-order valence-electron chi connectivity index (χ3n) is 4.09. The van der Waals surface area contributed by atoms with E-state index in [1.165, 1.54) is 6.07 Å². The fourth-order valence-electron chi connectivity index (χ4n) is 2.94. The number of amides is 1. The third kappa shape index (κ3) is 3.48. The first-order chi connectivity index (χ1) is 11.0. The van der Waals surface area contributed by atoms with Crippen molar-refractivity contribution in [2.45, 2.75) is 32.3 Å². The van der Waals surface area contributed by atoms with E-state index in [1.807, 2.05) is 6.07 Å². The number of carbonyl (C=O) groups excluding carboxylic acids is 1. The van der Waals surface area contributed by atoms with E-state index < -0.39 is 6.10 Å². The predicted molar refractivity (Wildman–Crippen MR) is 87.0 cm³/mol. The molecular formula is C17H19N3O3. The zero-order valence-corrected chi connectivity index (χ0v) is 12.9. The van der Waals surface area contributed by atoms with Gasteiger partial charge in [-0.15, -0.1) is 0 Å². The monoisotopic (exact) mass is 313 g/mol. The van der Waals surface area contributed by atoms with Crippen molar-refractivity contribution >= 4 is 11.6 Å². The molecule has 1 heterocycles. The number of aromatic amines is 1. The summed E-state index contributed by atoms with van der Waals surface area (Å²) in [5.74, 6) is -0.0552. The molecule has 0 aliphatic heterocycles. The zero-order valence-electron chi connectivity index (χ0n) is 12.9. The first-order valence-electron chi connectivity index (χ1n) is 7.70. The van der Waals surface area contributed by atoms with Crippen LogP contribution in [-0.2, 0) is 4.79 Å². The molecule has 1 aliphatic rings. The highest BCUT2D eigenvalue weighted by molar-refractivity contribution is 5.93. The van der Waals surface area contributed by atoms with Gasteiger partial charge in [0.1, 0.15) is 5.82 Å². The standard InChI is InChI=1S/C17H19N3O3/c1-10-8-15(22)20-16(18-10)11-4-2-5-12(9-11)19-17(23)13-6-3-7-14(13)21/h2,4-5,8-9,13-14,21H,3,6-7H2,1H3,(H,19,23)(H,18,20,22). The van der Waals surface area contributed by atoms with E-state index in [9.17, 15) is 14.7 Å². The fourth-order valence-corrected chi connectivity index (χ4v) is 2.94. The number of rotatable bonds is 3. The maximum absolute atomic E-state index is 12.2. The van der Waals surface area contributed by atoms with Crippen LogP contribution in [-0.4, -0.2) is 27.1 Å². The second kappa shape index (κ2) is 6.34. The quantitative estimate of drug-likeness (QED) is 0.806. The van der Waals surface area contributed by atoms with Crippen LogP contribution in [0.4, 0.5) is 5.69 Å².